The van der Waals surface area contributed by atoms with Crippen LogP contribution in [0.25, 0.3) is 6.08 Å². The number of nitrogen functional groups attached to an aromatic ring is 1. The highest BCUT2D eigenvalue weighted by atomic mass is 19.2. The molecular formula is C13H17F2N3. The van der Waals surface area contributed by atoms with E-state index < -0.39 is 11.6 Å². The monoisotopic (exact) mass is 253 g/mol. The van der Waals surface area contributed by atoms with Crippen LogP contribution >= 0.6 is 0 Å². The van der Waals surface area contributed by atoms with Gasteiger partial charge in [-0.2, -0.15) is 0 Å². The normalized spacial score (nSPS) is 12.1. The summed E-state index contributed by atoms with van der Waals surface area (Å²) in [6.07, 6.45) is 5.14. The molecule has 0 saturated carbocycles. The number of nitrogens with one attached hydrogen (secondary N) is 1. The maximum Gasteiger partial charge on any atom is 0.160 e. The molecule has 98 valence electrons. The Hall–Kier alpha value is -1.88. The summed E-state index contributed by atoms with van der Waals surface area (Å²) in [4.78, 5) is 0. The maximum absolute atomic E-state index is 13.0. The van der Waals surface area contributed by atoms with Gasteiger partial charge < -0.3 is 16.8 Å². The average Bonchev–Trinajstić information content (AvgIpc) is 2.35. The molecular weight excluding hydrogens is 236 g/mol. The van der Waals surface area contributed by atoms with Crippen LogP contribution in [-0.4, -0.2) is 13.1 Å². The Morgan fingerprint density at radius 2 is 2.00 bits per heavy atom. The third-order valence-corrected chi connectivity index (χ3v) is 2.51. The second-order valence-corrected chi connectivity index (χ2v) is 3.76. The third-order valence-electron chi connectivity index (χ3n) is 2.51. The lowest BCUT2D eigenvalue weighted by molar-refractivity contribution is 0.509. The molecule has 0 atom stereocenters. The molecule has 0 spiro atoms. The van der Waals surface area contributed by atoms with Gasteiger partial charge in [0.05, 0.1) is 0 Å². The summed E-state index contributed by atoms with van der Waals surface area (Å²) in [6.45, 7) is 2.98. The molecule has 0 bridgehead atoms. The molecule has 1 aromatic carbocycles. The molecule has 0 aliphatic rings. The summed E-state index contributed by atoms with van der Waals surface area (Å²) in [7, 11) is 0. The molecule has 0 aliphatic carbocycles. The molecule has 5 N–H and O–H groups in total. The van der Waals surface area contributed by atoms with Crippen LogP contribution in [0.5, 0.6) is 0 Å². The summed E-state index contributed by atoms with van der Waals surface area (Å²) in [6, 6.07) is 2.02. The largest absolute Gasteiger partial charge is 0.398 e. The van der Waals surface area contributed by atoms with Crippen molar-refractivity contribution in [2.45, 2.75) is 6.92 Å². The van der Waals surface area contributed by atoms with E-state index in [4.69, 9.17) is 11.5 Å². The van der Waals surface area contributed by atoms with Gasteiger partial charge in [-0.1, -0.05) is 6.08 Å². The molecule has 5 heteroatoms. The summed E-state index contributed by atoms with van der Waals surface area (Å²) < 4.78 is 25.8. The minimum Gasteiger partial charge on any atom is -0.398 e. The summed E-state index contributed by atoms with van der Waals surface area (Å²) in [5.74, 6) is -1.86. The first-order valence-electron chi connectivity index (χ1n) is 5.57. The van der Waals surface area contributed by atoms with Gasteiger partial charge in [0.25, 0.3) is 0 Å². The van der Waals surface area contributed by atoms with Crippen LogP contribution in [0.15, 0.2) is 30.0 Å². The number of benzene rings is 1. The molecule has 0 aromatic heterocycles. The van der Waals surface area contributed by atoms with E-state index in [9.17, 15) is 8.78 Å². The second kappa shape index (κ2) is 6.76. The van der Waals surface area contributed by atoms with Crippen molar-refractivity contribution < 1.29 is 8.78 Å². The average molecular weight is 253 g/mol. The van der Waals surface area contributed by atoms with E-state index in [-0.39, 0.29) is 5.69 Å². The van der Waals surface area contributed by atoms with Crippen molar-refractivity contribution in [2.75, 3.05) is 18.8 Å². The predicted molar refractivity (Wildman–Crippen MR) is 70.6 cm³/mol. The number of halogens is 2. The molecule has 1 rings (SSSR count). The minimum absolute atomic E-state index is 0.192. The standard InChI is InChI=1S/C13H17F2N3/c1-2-9(7-16)8-18-4-3-10-5-11(14)12(15)6-13(10)17/h2-6,18H,7-8,16-17H2,1H3/b4-3+,9-2-. The van der Waals surface area contributed by atoms with Crippen molar-refractivity contribution in [1.29, 1.82) is 0 Å². The van der Waals surface area contributed by atoms with E-state index in [0.717, 1.165) is 17.7 Å². The highest BCUT2D eigenvalue weighted by molar-refractivity contribution is 5.64. The first-order valence-corrected chi connectivity index (χ1v) is 5.57. The van der Waals surface area contributed by atoms with E-state index in [0.29, 0.717) is 18.7 Å². The first kappa shape index (κ1) is 14.2. The van der Waals surface area contributed by atoms with Crippen molar-refractivity contribution in [3.63, 3.8) is 0 Å². The molecule has 0 heterocycles. The second-order valence-electron chi connectivity index (χ2n) is 3.76. The molecule has 0 unspecified atom stereocenters. The maximum atomic E-state index is 13.0. The van der Waals surface area contributed by atoms with Crippen molar-refractivity contribution in [3.8, 4) is 0 Å². The zero-order chi connectivity index (χ0) is 13.5. The van der Waals surface area contributed by atoms with Crippen LogP contribution in [0.1, 0.15) is 12.5 Å². The number of allylic oxidation sites excluding steroid dienone is 1. The summed E-state index contributed by atoms with van der Waals surface area (Å²) in [5, 5.41) is 3.00. The van der Waals surface area contributed by atoms with Crippen LogP contribution in [-0.2, 0) is 0 Å². The third kappa shape index (κ3) is 3.85. The van der Waals surface area contributed by atoms with Gasteiger partial charge in [0, 0.05) is 30.4 Å². The first-order chi connectivity index (χ1) is 8.58. The fourth-order valence-corrected chi connectivity index (χ4v) is 1.35. The van der Waals surface area contributed by atoms with Crippen molar-refractivity contribution in [2.24, 2.45) is 5.73 Å². The van der Waals surface area contributed by atoms with Gasteiger partial charge in [0.15, 0.2) is 11.6 Å². The molecule has 0 radical (unpaired) electrons. The van der Waals surface area contributed by atoms with Crippen LogP contribution in [0.3, 0.4) is 0 Å². The topological polar surface area (TPSA) is 64.1 Å². The van der Waals surface area contributed by atoms with Gasteiger partial charge in [0.2, 0.25) is 0 Å². The lowest BCUT2D eigenvalue weighted by Gasteiger charge is -2.04. The van der Waals surface area contributed by atoms with Gasteiger partial charge in [-0.25, -0.2) is 8.78 Å². The number of anilines is 1. The Morgan fingerprint density at radius 1 is 1.33 bits per heavy atom. The number of rotatable bonds is 5. The number of hydrogen-bond acceptors (Lipinski definition) is 3. The number of nitrogens with two attached hydrogens (primary N) is 2. The Balaban J connectivity index is 2.65. The van der Waals surface area contributed by atoms with Gasteiger partial charge >= 0.3 is 0 Å². The van der Waals surface area contributed by atoms with Crippen molar-refractivity contribution >= 4 is 11.8 Å². The Morgan fingerprint density at radius 3 is 2.61 bits per heavy atom. The quantitative estimate of drug-likeness (QED) is 0.555. The fourth-order valence-electron chi connectivity index (χ4n) is 1.35. The van der Waals surface area contributed by atoms with Gasteiger partial charge in [-0.3, -0.25) is 0 Å². The van der Waals surface area contributed by atoms with E-state index in [1.807, 2.05) is 13.0 Å². The zero-order valence-corrected chi connectivity index (χ0v) is 10.2. The predicted octanol–water partition coefficient (Wildman–Crippen LogP) is 2.01. The van der Waals surface area contributed by atoms with Gasteiger partial charge in [-0.15, -0.1) is 0 Å². The Labute approximate surface area is 105 Å². The molecule has 0 amide bonds. The smallest absolute Gasteiger partial charge is 0.160 e. The van der Waals surface area contributed by atoms with E-state index in [1.165, 1.54) is 0 Å². The van der Waals surface area contributed by atoms with Crippen molar-refractivity contribution in [3.05, 3.63) is 47.2 Å². The summed E-state index contributed by atoms with van der Waals surface area (Å²) in [5.41, 5.74) is 12.7. The highest BCUT2D eigenvalue weighted by Crippen LogP contribution is 2.17. The van der Waals surface area contributed by atoms with E-state index >= 15 is 0 Å². The molecule has 18 heavy (non-hydrogen) atoms. The Bertz CT molecular complexity index is 468. The Kier molecular flexibility index (Phi) is 5.32. The molecule has 0 fully saturated rings. The van der Waals surface area contributed by atoms with E-state index in [1.54, 1.807) is 12.3 Å². The lowest BCUT2D eigenvalue weighted by Crippen LogP contribution is -2.15. The van der Waals surface area contributed by atoms with Crippen LogP contribution < -0.4 is 16.8 Å². The lowest BCUT2D eigenvalue weighted by atomic mass is 10.1. The number of hydrogen-bond donors (Lipinski definition) is 3. The van der Waals surface area contributed by atoms with Crippen LogP contribution in [0.2, 0.25) is 0 Å². The molecule has 0 saturated heterocycles. The molecule has 3 nitrogen and oxygen atoms in total. The molecule has 0 aliphatic heterocycles. The SMILES string of the molecule is C/C=C(/CN)CN/C=C/c1cc(F)c(F)cc1N. The van der Waals surface area contributed by atoms with Crippen LogP contribution in [0.4, 0.5) is 14.5 Å². The highest BCUT2D eigenvalue weighted by Gasteiger charge is 2.04. The van der Waals surface area contributed by atoms with Crippen molar-refractivity contribution in [1.82, 2.24) is 5.32 Å². The van der Waals surface area contributed by atoms with Gasteiger partial charge in [-0.05, 0) is 30.8 Å². The summed E-state index contributed by atoms with van der Waals surface area (Å²) >= 11 is 0. The fraction of sp³-hybridized carbons (Fsp3) is 0.231. The van der Waals surface area contributed by atoms with Gasteiger partial charge in [0.1, 0.15) is 0 Å². The van der Waals surface area contributed by atoms with Crippen LogP contribution in [0, 0.1) is 11.6 Å². The zero-order valence-electron chi connectivity index (χ0n) is 10.2. The minimum atomic E-state index is -0.947. The molecule has 1 aromatic rings. The van der Waals surface area contributed by atoms with E-state index in [2.05, 4.69) is 5.32 Å².